The second kappa shape index (κ2) is 6.99. The third-order valence-electron chi connectivity index (χ3n) is 2.44. The number of aromatic amines is 4. The van der Waals surface area contributed by atoms with Crippen LogP contribution in [0.2, 0.25) is 0 Å². The first kappa shape index (κ1) is 17.6. The van der Waals surface area contributed by atoms with Gasteiger partial charge in [-0.2, -0.15) is 0 Å². The molecule has 2 aromatic rings. The Morgan fingerprint density at radius 1 is 1.00 bits per heavy atom. The van der Waals surface area contributed by atoms with Gasteiger partial charge in [0.1, 0.15) is 11.2 Å². The van der Waals surface area contributed by atoms with Crippen molar-refractivity contribution in [3.63, 3.8) is 0 Å². The van der Waals surface area contributed by atoms with Crippen LogP contribution in [0.15, 0.2) is 14.4 Å². The molecule has 0 unspecified atom stereocenters. The van der Waals surface area contributed by atoms with Crippen molar-refractivity contribution in [1.82, 2.24) is 30.2 Å². The Hall–Kier alpha value is -1.47. The van der Waals surface area contributed by atoms with Gasteiger partial charge in [-0.15, -0.1) is 0 Å². The van der Waals surface area contributed by atoms with Crippen molar-refractivity contribution >= 4 is 74.4 Å². The molecular formula is C9H12KN7O4. The van der Waals surface area contributed by atoms with Crippen LogP contribution in [0.25, 0.3) is 11.2 Å². The molecule has 1 saturated heterocycles. The summed E-state index contributed by atoms with van der Waals surface area (Å²) in [5.41, 5.74) is -1.65. The standard InChI is InChI=1S/C5H4N4O3.C4H7N3O.K.H/c10-3-1-2(7-4(11)6-1)8-5(12)9-3;1-7-2-3(8)6-4(7)5;;/h(H4,6,7,8,9,10,11,12);2H2,1H3,(H2,5,6,8);;. The van der Waals surface area contributed by atoms with E-state index in [1.54, 1.807) is 11.9 Å². The summed E-state index contributed by atoms with van der Waals surface area (Å²) >= 11 is 0. The molecular weight excluding hydrogens is 309 g/mol. The summed E-state index contributed by atoms with van der Waals surface area (Å²) in [7, 11) is 1.69. The third kappa shape index (κ3) is 4.24. The second-order valence-electron chi connectivity index (χ2n) is 3.99. The number of carbonyl (C=O) groups excluding carboxylic acids is 1. The number of hydrogen-bond acceptors (Lipinski definition) is 5. The van der Waals surface area contributed by atoms with Crippen LogP contribution in [0.5, 0.6) is 0 Å². The quantitative estimate of drug-likeness (QED) is 0.277. The number of imidazole rings is 1. The SMILES string of the molecule is CN1CC(=O)NC1=N.O=c1[nH]c(=O)c2[nH]c(=O)[nH]c2[nH]1.[KH]. The number of H-pyrrole nitrogens is 4. The summed E-state index contributed by atoms with van der Waals surface area (Å²) in [6.07, 6.45) is 0. The molecule has 12 heteroatoms. The van der Waals surface area contributed by atoms with E-state index in [0.717, 1.165) is 0 Å². The van der Waals surface area contributed by atoms with Crippen LogP contribution in [-0.2, 0) is 4.79 Å². The number of nitrogens with zero attached hydrogens (tertiary/aromatic N) is 1. The van der Waals surface area contributed by atoms with Gasteiger partial charge in [-0.25, -0.2) is 9.59 Å². The van der Waals surface area contributed by atoms with Gasteiger partial charge in [0, 0.05) is 7.05 Å². The van der Waals surface area contributed by atoms with Crippen molar-refractivity contribution in [1.29, 1.82) is 5.41 Å². The molecule has 3 heterocycles. The zero-order chi connectivity index (χ0) is 14.9. The van der Waals surface area contributed by atoms with E-state index in [-0.39, 0.29) is 74.4 Å². The van der Waals surface area contributed by atoms with E-state index in [1.165, 1.54) is 0 Å². The maximum atomic E-state index is 10.9. The fraction of sp³-hybridized carbons (Fsp3) is 0.222. The van der Waals surface area contributed by atoms with Gasteiger partial charge < -0.3 is 4.90 Å². The molecule has 0 aliphatic carbocycles. The molecule has 0 atom stereocenters. The molecule has 1 aliphatic rings. The van der Waals surface area contributed by atoms with Crippen molar-refractivity contribution in [2.24, 2.45) is 0 Å². The summed E-state index contributed by atoms with van der Waals surface area (Å²) in [5, 5.41) is 9.32. The van der Waals surface area contributed by atoms with Crippen molar-refractivity contribution in [3.05, 3.63) is 31.3 Å². The van der Waals surface area contributed by atoms with Crippen molar-refractivity contribution < 1.29 is 4.79 Å². The number of amides is 1. The molecule has 21 heavy (non-hydrogen) atoms. The molecule has 1 amide bonds. The number of guanidine groups is 1. The third-order valence-corrected chi connectivity index (χ3v) is 2.44. The summed E-state index contributed by atoms with van der Waals surface area (Å²) in [5.74, 6) is 0.0903. The zero-order valence-electron chi connectivity index (χ0n) is 10.3. The Bertz CT molecular complexity index is 844. The molecule has 11 nitrogen and oxygen atoms in total. The first-order chi connectivity index (χ1) is 9.36. The van der Waals surface area contributed by atoms with Gasteiger partial charge in [-0.3, -0.25) is 40.3 Å². The molecule has 3 rings (SSSR count). The first-order valence-electron chi connectivity index (χ1n) is 5.41. The summed E-state index contributed by atoms with van der Waals surface area (Å²) in [4.78, 5) is 52.9. The van der Waals surface area contributed by atoms with Gasteiger partial charge in [0.15, 0.2) is 5.96 Å². The summed E-state index contributed by atoms with van der Waals surface area (Å²) < 4.78 is 0. The fourth-order valence-electron chi connectivity index (χ4n) is 1.52. The van der Waals surface area contributed by atoms with Gasteiger partial charge in [0.2, 0.25) is 5.91 Å². The molecule has 1 fully saturated rings. The first-order valence-corrected chi connectivity index (χ1v) is 5.41. The molecule has 0 radical (unpaired) electrons. The summed E-state index contributed by atoms with van der Waals surface area (Å²) in [6.45, 7) is 0.318. The van der Waals surface area contributed by atoms with Gasteiger partial charge in [0.05, 0.1) is 6.54 Å². The van der Waals surface area contributed by atoms with E-state index in [9.17, 15) is 19.2 Å². The molecule has 0 aromatic carbocycles. The van der Waals surface area contributed by atoms with E-state index < -0.39 is 16.9 Å². The number of nitrogens with one attached hydrogen (secondary N) is 6. The molecule has 0 spiro atoms. The molecule has 1 aliphatic heterocycles. The van der Waals surface area contributed by atoms with Crippen molar-refractivity contribution in [2.75, 3.05) is 13.6 Å². The van der Waals surface area contributed by atoms with Crippen LogP contribution < -0.4 is 22.3 Å². The molecule has 2 aromatic heterocycles. The predicted octanol–water partition coefficient (Wildman–Crippen LogP) is -3.43. The second-order valence-corrected chi connectivity index (χ2v) is 3.99. The Morgan fingerprint density at radius 2 is 1.57 bits per heavy atom. The van der Waals surface area contributed by atoms with E-state index in [1.807, 2.05) is 4.98 Å². The number of aromatic nitrogens is 4. The van der Waals surface area contributed by atoms with E-state index in [2.05, 4.69) is 20.3 Å². The topological polar surface area (TPSA) is 171 Å². The van der Waals surface area contributed by atoms with E-state index in [0.29, 0.717) is 6.54 Å². The normalized spacial score (nSPS) is 13.5. The van der Waals surface area contributed by atoms with Gasteiger partial charge in [-0.1, -0.05) is 0 Å². The van der Waals surface area contributed by atoms with Crippen molar-refractivity contribution in [2.45, 2.75) is 0 Å². The number of fused-ring (bicyclic) bond motifs is 1. The average Bonchev–Trinajstić information content (AvgIpc) is 2.82. The van der Waals surface area contributed by atoms with Crippen molar-refractivity contribution in [3.8, 4) is 0 Å². The van der Waals surface area contributed by atoms with Crippen LogP contribution in [0.3, 0.4) is 0 Å². The molecule has 0 saturated carbocycles. The van der Waals surface area contributed by atoms with E-state index in [4.69, 9.17) is 5.41 Å². The van der Waals surface area contributed by atoms with Gasteiger partial charge >= 0.3 is 62.8 Å². The minimum atomic E-state index is -0.650. The Morgan fingerprint density at radius 3 is 2.00 bits per heavy atom. The van der Waals surface area contributed by atoms with Crippen LogP contribution >= 0.6 is 0 Å². The molecule has 108 valence electrons. The van der Waals surface area contributed by atoms with E-state index >= 15 is 0 Å². The molecule has 6 N–H and O–H groups in total. The van der Waals surface area contributed by atoms with Crippen LogP contribution in [0.1, 0.15) is 0 Å². The zero-order valence-corrected chi connectivity index (χ0v) is 10.3. The number of rotatable bonds is 0. The number of likely N-dealkylation sites (N-methyl/N-ethyl adjacent to an activating group) is 1. The number of carbonyl (C=O) groups is 1. The Labute approximate surface area is 158 Å². The Balaban J connectivity index is 0.000000216. The van der Waals surface area contributed by atoms with Crippen LogP contribution in [0.4, 0.5) is 0 Å². The monoisotopic (exact) mass is 321 g/mol. The predicted molar refractivity (Wildman–Crippen MR) is 75.8 cm³/mol. The Kier molecular flexibility index (Phi) is 5.85. The van der Waals surface area contributed by atoms with Gasteiger partial charge in [0.25, 0.3) is 5.56 Å². The number of hydrogen-bond donors (Lipinski definition) is 6. The maximum absolute atomic E-state index is 10.9. The average molecular weight is 321 g/mol. The fourth-order valence-corrected chi connectivity index (χ4v) is 1.52. The summed E-state index contributed by atoms with van der Waals surface area (Å²) in [6, 6.07) is 0. The molecule has 0 bridgehead atoms. The van der Waals surface area contributed by atoms with Gasteiger partial charge in [-0.05, 0) is 0 Å². The minimum absolute atomic E-state index is 0. The van der Waals surface area contributed by atoms with Crippen LogP contribution in [0, 0.1) is 5.41 Å². The van der Waals surface area contributed by atoms with Crippen LogP contribution in [-0.4, -0.2) is 102 Å².